The third-order valence-electron chi connectivity index (χ3n) is 2.60. The van der Waals surface area contributed by atoms with E-state index in [2.05, 4.69) is 48.4 Å². The Hall–Kier alpha value is -1.44. The molecule has 0 saturated carbocycles. The molecule has 0 amide bonds. The van der Waals surface area contributed by atoms with E-state index in [1.807, 2.05) is 12.1 Å². The molecular formula is C14H17N3S. The highest BCUT2D eigenvalue weighted by Gasteiger charge is 2.10. The van der Waals surface area contributed by atoms with Gasteiger partial charge in [0, 0.05) is 22.7 Å². The number of aromatic nitrogens is 1. The lowest BCUT2D eigenvalue weighted by Gasteiger charge is -2.13. The second kappa shape index (κ2) is 5.94. The summed E-state index contributed by atoms with van der Waals surface area (Å²) in [5, 5.41) is 14.6. The van der Waals surface area contributed by atoms with Gasteiger partial charge in [0.1, 0.15) is 6.04 Å². The summed E-state index contributed by atoms with van der Waals surface area (Å²) >= 11 is 1.68. The van der Waals surface area contributed by atoms with Crippen molar-refractivity contribution < 1.29 is 0 Å². The van der Waals surface area contributed by atoms with Crippen LogP contribution in [0.5, 0.6) is 0 Å². The van der Waals surface area contributed by atoms with E-state index in [0.29, 0.717) is 6.04 Å². The highest BCUT2D eigenvalue weighted by molar-refractivity contribution is 7.99. The second-order valence-corrected chi connectivity index (χ2v) is 5.60. The first-order chi connectivity index (χ1) is 8.69. The van der Waals surface area contributed by atoms with E-state index in [4.69, 9.17) is 5.26 Å². The summed E-state index contributed by atoms with van der Waals surface area (Å²) < 4.78 is 0. The van der Waals surface area contributed by atoms with Crippen LogP contribution in [0.2, 0.25) is 0 Å². The van der Waals surface area contributed by atoms with Crippen molar-refractivity contribution >= 4 is 22.7 Å². The van der Waals surface area contributed by atoms with Gasteiger partial charge in [-0.1, -0.05) is 18.2 Å². The highest BCUT2D eigenvalue weighted by Crippen LogP contribution is 2.23. The number of para-hydroxylation sites is 1. The fraction of sp³-hybridized carbons (Fsp3) is 0.357. The second-order valence-electron chi connectivity index (χ2n) is 4.53. The molecule has 1 heterocycles. The summed E-state index contributed by atoms with van der Waals surface area (Å²) in [4.78, 5) is 3.35. The Labute approximate surface area is 112 Å². The molecule has 2 aromatic rings. The molecule has 1 atom stereocenters. The molecule has 2 rings (SSSR count). The van der Waals surface area contributed by atoms with Crippen molar-refractivity contribution in [3.8, 4) is 6.07 Å². The molecule has 0 aliphatic carbocycles. The lowest BCUT2D eigenvalue weighted by Crippen LogP contribution is -2.35. The predicted molar refractivity (Wildman–Crippen MR) is 76.7 cm³/mol. The number of H-pyrrole nitrogens is 1. The molecule has 0 aliphatic rings. The summed E-state index contributed by atoms with van der Waals surface area (Å²) in [5.74, 6) is 0.751. The van der Waals surface area contributed by atoms with Crippen LogP contribution in [0.1, 0.15) is 13.8 Å². The molecule has 1 aromatic carbocycles. The molecule has 0 spiro atoms. The van der Waals surface area contributed by atoms with Crippen molar-refractivity contribution in [2.45, 2.75) is 31.0 Å². The van der Waals surface area contributed by atoms with Gasteiger partial charge in [-0.3, -0.25) is 5.32 Å². The van der Waals surface area contributed by atoms with Gasteiger partial charge in [-0.15, -0.1) is 11.8 Å². The molecule has 94 valence electrons. The standard InChI is InChI=1S/C14H17N3S/c1-10(2)16-12(8-15)9-18-14-7-11-5-3-4-6-13(11)17-14/h3-7,10,12,16-17H,9H2,1-2H3. The number of thioether (sulfide) groups is 1. The number of fused-ring (bicyclic) bond motifs is 1. The van der Waals surface area contributed by atoms with Crippen LogP contribution in [-0.2, 0) is 0 Å². The molecular weight excluding hydrogens is 242 g/mol. The van der Waals surface area contributed by atoms with Crippen LogP contribution < -0.4 is 5.32 Å². The zero-order chi connectivity index (χ0) is 13.0. The minimum Gasteiger partial charge on any atom is -0.350 e. The topological polar surface area (TPSA) is 51.6 Å². The van der Waals surface area contributed by atoms with E-state index in [1.54, 1.807) is 11.8 Å². The fourth-order valence-electron chi connectivity index (χ4n) is 1.82. The molecule has 1 unspecified atom stereocenters. The number of nitrogens with zero attached hydrogens (tertiary/aromatic N) is 1. The van der Waals surface area contributed by atoms with Gasteiger partial charge in [-0.05, 0) is 26.0 Å². The van der Waals surface area contributed by atoms with Crippen LogP contribution in [0.15, 0.2) is 35.4 Å². The summed E-state index contributed by atoms with van der Waals surface area (Å²) in [7, 11) is 0. The van der Waals surface area contributed by atoms with Crippen molar-refractivity contribution in [1.82, 2.24) is 10.3 Å². The summed E-state index contributed by atoms with van der Waals surface area (Å²) in [6, 6.07) is 12.8. The van der Waals surface area contributed by atoms with Gasteiger partial charge in [0.2, 0.25) is 0 Å². The lowest BCUT2D eigenvalue weighted by atomic mass is 10.3. The Kier molecular flexibility index (Phi) is 4.29. The van der Waals surface area contributed by atoms with E-state index in [9.17, 15) is 0 Å². The Morgan fingerprint density at radius 1 is 1.39 bits per heavy atom. The maximum Gasteiger partial charge on any atom is 0.105 e. The van der Waals surface area contributed by atoms with E-state index in [1.165, 1.54) is 5.39 Å². The van der Waals surface area contributed by atoms with Crippen molar-refractivity contribution in [3.05, 3.63) is 30.3 Å². The largest absolute Gasteiger partial charge is 0.350 e. The lowest BCUT2D eigenvalue weighted by molar-refractivity contribution is 0.560. The first-order valence-corrected chi connectivity index (χ1v) is 7.04. The van der Waals surface area contributed by atoms with Crippen molar-refractivity contribution in [2.75, 3.05) is 5.75 Å². The number of nitrogens with one attached hydrogen (secondary N) is 2. The number of rotatable bonds is 5. The summed E-state index contributed by atoms with van der Waals surface area (Å²) in [6.45, 7) is 4.11. The monoisotopic (exact) mass is 259 g/mol. The van der Waals surface area contributed by atoms with Crippen LogP contribution in [0.4, 0.5) is 0 Å². The van der Waals surface area contributed by atoms with Crippen LogP contribution in [0, 0.1) is 11.3 Å². The molecule has 4 heteroatoms. The summed E-state index contributed by atoms with van der Waals surface area (Å²) in [6.07, 6.45) is 0. The maximum atomic E-state index is 9.06. The maximum absolute atomic E-state index is 9.06. The average Bonchev–Trinajstić information content (AvgIpc) is 2.76. The predicted octanol–water partition coefficient (Wildman–Crippen LogP) is 3.15. The minimum absolute atomic E-state index is 0.110. The van der Waals surface area contributed by atoms with Crippen molar-refractivity contribution in [3.63, 3.8) is 0 Å². The first kappa shape index (κ1) is 13.0. The molecule has 18 heavy (non-hydrogen) atoms. The van der Waals surface area contributed by atoms with Crippen LogP contribution in [0.3, 0.4) is 0 Å². The van der Waals surface area contributed by atoms with Crippen molar-refractivity contribution in [2.24, 2.45) is 0 Å². The molecule has 0 fully saturated rings. The van der Waals surface area contributed by atoms with E-state index >= 15 is 0 Å². The summed E-state index contributed by atoms with van der Waals surface area (Å²) in [5.41, 5.74) is 1.14. The molecule has 1 aromatic heterocycles. The first-order valence-electron chi connectivity index (χ1n) is 6.05. The van der Waals surface area contributed by atoms with Gasteiger partial charge in [-0.2, -0.15) is 5.26 Å². The molecule has 0 bridgehead atoms. The minimum atomic E-state index is -0.110. The number of benzene rings is 1. The zero-order valence-electron chi connectivity index (χ0n) is 10.6. The fourth-order valence-corrected chi connectivity index (χ4v) is 2.73. The zero-order valence-corrected chi connectivity index (χ0v) is 11.4. The SMILES string of the molecule is CC(C)NC(C#N)CSc1cc2ccccc2[nH]1. The Balaban J connectivity index is 1.99. The average molecular weight is 259 g/mol. The van der Waals surface area contributed by atoms with Gasteiger partial charge >= 0.3 is 0 Å². The molecule has 0 aliphatic heterocycles. The van der Waals surface area contributed by atoms with Gasteiger partial charge in [0.15, 0.2) is 0 Å². The van der Waals surface area contributed by atoms with Crippen LogP contribution >= 0.6 is 11.8 Å². The third kappa shape index (κ3) is 3.28. The smallest absolute Gasteiger partial charge is 0.105 e. The Morgan fingerprint density at radius 2 is 2.17 bits per heavy atom. The van der Waals surface area contributed by atoms with Crippen molar-refractivity contribution in [1.29, 1.82) is 5.26 Å². The third-order valence-corrected chi connectivity index (χ3v) is 3.63. The highest BCUT2D eigenvalue weighted by atomic mass is 32.2. The number of hydrogen-bond acceptors (Lipinski definition) is 3. The molecule has 0 radical (unpaired) electrons. The Bertz CT molecular complexity index is 520. The van der Waals surface area contributed by atoms with E-state index in [0.717, 1.165) is 16.3 Å². The van der Waals surface area contributed by atoms with Crippen LogP contribution in [-0.4, -0.2) is 22.8 Å². The van der Waals surface area contributed by atoms with Gasteiger partial charge in [-0.25, -0.2) is 0 Å². The van der Waals surface area contributed by atoms with Gasteiger partial charge < -0.3 is 4.98 Å². The van der Waals surface area contributed by atoms with Gasteiger partial charge in [0.05, 0.1) is 11.1 Å². The van der Waals surface area contributed by atoms with Crippen LogP contribution in [0.25, 0.3) is 10.9 Å². The van der Waals surface area contributed by atoms with Gasteiger partial charge in [0.25, 0.3) is 0 Å². The van der Waals surface area contributed by atoms with E-state index < -0.39 is 0 Å². The molecule has 3 nitrogen and oxygen atoms in total. The Morgan fingerprint density at radius 3 is 2.83 bits per heavy atom. The number of nitriles is 1. The molecule has 0 saturated heterocycles. The normalized spacial score (nSPS) is 12.8. The van der Waals surface area contributed by atoms with E-state index in [-0.39, 0.29) is 6.04 Å². The molecule has 2 N–H and O–H groups in total. The number of hydrogen-bond donors (Lipinski definition) is 2. The quantitative estimate of drug-likeness (QED) is 0.811. The number of aromatic amines is 1.